The number of rotatable bonds is 4. The summed E-state index contributed by atoms with van der Waals surface area (Å²) in [4.78, 5) is 11.3. The molecule has 1 aromatic rings. The molecule has 0 radical (unpaired) electrons. The summed E-state index contributed by atoms with van der Waals surface area (Å²) in [6.07, 6.45) is 0. The van der Waals surface area contributed by atoms with Gasteiger partial charge < -0.3 is 10.6 Å². The molecule has 0 saturated heterocycles. The van der Waals surface area contributed by atoms with Crippen molar-refractivity contribution >= 4 is 11.6 Å². The Hall–Kier alpha value is -1.51. The van der Waals surface area contributed by atoms with Crippen LogP contribution in [0, 0.1) is 13.8 Å². The molecule has 82 valence electrons. The molecule has 0 aliphatic heterocycles. The van der Waals surface area contributed by atoms with Crippen LogP contribution in [-0.4, -0.2) is 19.0 Å². The van der Waals surface area contributed by atoms with Crippen molar-refractivity contribution in [2.45, 2.75) is 20.8 Å². The van der Waals surface area contributed by atoms with Crippen molar-refractivity contribution in [1.29, 1.82) is 0 Å². The number of likely N-dealkylation sites (N-methyl/N-ethyl adjacent to an activating group) is 1. The molecule has 0 aliphatic carbocycles. The second-order valence-electron chi connectivity index (χ2n) is 3.57. The van der Waals surface area contributed by atoms with Gasteiger partial charge in [0.2, 0.25) is 5.91 Å². The van der Waals surface area contributed by atoms with Crippen LogP contribution < -0.4 is 10.6 Å². The Balaban J connectivity index is 2.61. The predicted octanol–water partition coefficient (Wildman–Crippen LogP) is 1.85. The number of anilines is 1. The maximum absolute atomic E-state index is 11.3. The third kappa shape index (κ3) is 3.27. The quantitative estimate of drug-likeness (QED) is 0.789. The molecule has 3 heteroatoms. The minimum atomic E-state index is 0.0279. The van der Waals surface area contributed by atoms with Crippen molar-refractivity contribution in [3.63, 3.8) is 0 Å². The van der Waals surface area contributed by atoms with Crippen molar-refractivity contribution in [1.82, 2.24) is 5.32 Å². The molecule has 2 N–H and O–H groups in total. The number of amides is 1. The van der Waals surface area contributed by atoms with Crippen LogP contribution in [0.1, 0.15) is 18.1 Å². The molecule has 0 heterocycles. The van der Waals surface area contributed by atoms with Crippen molar-refractivity contribution in [2.24, 2.45) is 0 Å². The van der Waals surface area contributed by atoms with E-state index in [0.717, 1.165) is 5.69 Å². The Labute approximate surface area is 90.9 Å². The van der Waals surface area contributed by atoms with Gasteiger partial charge in [0.25, 0.3) is 0 Å². The first-order valence-electron chi connectivity index (χ1n) is 5.22. The van der Waals surface area contributed by atoms with E-state index in [2.05, 4.69) is 10.6 Å². The third-order valence-electron chi connectivity index (χ3n) is 2.28. The standard InChI is InChI=1S/C12H18N2O/c1-4-13-11(15)8-14-12-9(2)6-5-7-10(12)3/h5-7,14H,4,8H2,1-3H3,(H,13,15). The lowest BCUT2D eigenvalue weighted by Gasteiger charge is -2.11. The first-order chi connectivity index (χ1) is 7.15. The maximum Gasteiger partial charge on any atom is 0.239 e. The van der Waals surface area contributed by atoms with Gasteiger partial charge in [-0.25, -0.2) is 0 Å². The Kier molecular flexibility index (Phi) is 4.16. The van der Waals surface area contributed by atoms with Gasteiger partial charge in [0.15, 0.2) is 0 Å². The van der Waals surface area contributed by atoms with Crippen molar-refractivity contribution in [3.8, 4) is 0 Å². The highest BCUT2D eigenvalue weighted by Crippen LogP contribution is 2.18. The fraction of sp³-hybridized carbons (Fsp3) is 0.417. The summed E-state index contributed by atoms with van der Waals surface area (Å²) in [5.41, 5.74) is 3.39. The normalized spacial score (nSPS) is 9.80. The summed E-state index contributed by atoms with van der Waals surface area (Å²) >= 11 is 0. The monoisotopic (exact) mass is 206 g/mol. The van der Waals surface area contributed by atoms with E-state index < -0.39 is 0 Å². The second-order valence-corrected chi connectivity index (χ2v) is 3.57. The summed E-state index contributed by atoms with van der Waals surface area (Å²) in [6.45, 7) is 6.99. The van der Waals surface area contributed by atoms with Gasteiger partial charge in [0, 0.05) is 12.2 Å². The van der Waals surface area contributed by atoms with E-state index in [0.29, 0.717) is 13.1 Å². The lowest BCUT2D eigenvalue weighted by Crippen LogP contribution is -2.29. The van der Waals surface area contributed by atoms with Crippen molar-refractivity contribution in [3.05, 3.63) is 29.3 Å². The van der Waals surface area contributed by atoms with Crippen molar-refractivity contribution in [2.75, 3.05) is 18.4 Å². The summed E-state index contributed by atoms with van der Waals surface area (Å²) in [6, 6.07) is 6.09. The van der Waals surface area contributed by atoms with Crippen LogP contribution in [0.5, 0.6) is 0 Å². The van der Waals surface area contributed by atoms with E-state index >= 15 is 0 Å². The molecule has 15 heavy (non-hydrogen) atoms. The SMILES string of the molecule is CCNC(=O)CNc1c(C)cccc1C. The maximum atomic E-state index is 11.3. The molecule has 3 nitrogen and oxygen atoms in total. The largest absolute Gasteiger partial charge is 0.376 e. The zero-order valence-electron chi connectivity index (χ0n) is 9.55. The van der Waals surface area contributed by atoms with Gasteiger partial charge in [-0.3, -0.25) is 4.79 Å². The second kappa shape index (κ2) is 5.39. The molecule has 1 rings (SSSR count). The topological polar surface area (TPSA) is 41.1 Å². The Morgan fingerprint density at radius 1 is 1.27 bits per heavy atom. The number of para-hydroxylation sites is 1. The Morgan fingerprint density at radius 2 is 1.87 bits per heavy atom. The average Bonchev–Trinajstić information content (AvgIpc) is 2.17. The molecular formula is C12H18N2O. The Bertz CT molecular complexity index is 327. The summed E-state index contributed by atoms with van der Waals surface area (Å²) in [5, 5.41) is 5.91. The molecule has 0 atom stereocenters. The molecule has 0 bridgehead atoms. The molecule has 0 unspecified atom stereocenters. The van der Waals surface area contributed by atoms with Gasteiger partial charge in [-0.2, -0.15) is 0 Å². The number of nitrogens with one attached hydrogen (secondary N) is 2. The van der Waals surface area contributed by atoms with Crippen LogP contribution in [0.25, 0.3) is 0 Å². The number of benzene rings is 1. The van der Waals surface area contributed by atoms with Gasteiger partial charge in [-0.05, 0) is 31.9 Å². The van der Waals surface area contributed by atoms with Crippen LogP contribution in [0.4, 0.5) is 5.69 Å². The molecular weight excluding hydrogens is 188 g/mol. The fourth-order valence-electron chi connectivity index (χ4n) is 1.52. The summed E-state index contributed by atoms with van der Waals surface area (Å²) < 4.78 is 0. The molecule has 0 aromatic heterocycles. The smallest absolute Gasteiger partial charge is 0.239 e. The molecule has 1 amide bonds. The summed E-state index contributed by atoms with van der Waals surface area (Å²) in [5.74, 6) is 0.0279. The van der Waals surface area contributed by atoms with E-state index in [1.165, 1.54) is 11.1 Å². The number of hydrogen-bond acceptors (Lipinski definition) is 2. The van der Waals surface area contributed by atoms with Gasteiger partial charge in [-0.15, -0.1) is 0 Å². The number of carbonyl (C=O) groups is 1. The lowest BCUT2D eigenvalue weighted by atomic mass is 10.1. The zero-order valence-corrected chi connectivity index (χ0v) is 9.55. The molecule has 0 spiro atoms. The first-order valence-corrected chi connectivity index (χ1v) is 5.22. The van der Waals surface area contributed by atoms with E-state index in [1.807, 2.05) is 39.0 Å². The van der Waals surface area contributed by atoms with E-state index in [-0.39, 0.29) is 5.91 Å². The highest BCUT2D eigenvalue weighted by atomic mass is 16.1. The number of carbonyl (C=O) groups excluding carboxylic acids is 1. The highest BCUT2D eigenvalue weighted by molar-refractivity contribution is 5.81. The van der Waals surface area contributed by atoms with Gasteiger partial charge in [0.05, 0.1) is 6.54 Å². The van der Waals surface area contributed by atoms with Crippen LogP contribution in [0.3, 0.4) is 0 Å². The fourth-order valence-corrected chi connectivity index (χ4v) is 1.52. The number of aryl methyl sites for hydroxylation is 2. The molecule has 1 aromatic carbocycles. The number of hydrogen-bond donors (Lipinski definition) is 2. The van der Waals surface area contributed by atoms with Crippen molar-refractivity contribution < 1.29 is 4.79 Å². The minimum Gasteiger partial charge on any atom is -0.376 e. The third-order valence-corrected chi connectivity index (χ3v) is 2.28. The van der Waals surface area contributed by atoms with Crippen LogP contribution in [-0.2, 0) is 4.79 Å². The molecule has 0 fully saturated rings. The first kappa shape index (κ1) is 11.6. The van der Waals surface area contributed by atoms with E-state index in [9.17, 15) is 4.79 Å². The predicted molar refractivity (Wildman–Crippen MR) is 63.1 cm³/mol. The van der Waals surface area contributed by atoms with Crippen LogP contribution >= 0.6 is 0 Å². The van der Waals surface area contributed by atoms with Crippen LogP contribution in [0.15, 0.2) is 18.2 Å². The van der Waals surface area contributed by atoms with Gasteiger partial charge in [0.1, 0.15) is 0 Å². The highest BCUT2D eigenvalue weighted by Gasteiger charge is 2.03. The van der Waals surface area contributed by atoms with Crippen LogP contribution in [0.2, 0.25) is 0 Å². The zero-order chi connectivity index (χ0) is 11.3. The Morgan fingerprint density at radius 3 is 2.40 bits per heavy atom. The van der Waals surface area contributed by atoms with E-state index in [4.69, 9.17) is 0 Å². The minimum absolute atomic E-state index is 0.0279. The average molecular weight is 206 g/mol. The van der Waals surface area contributed by atoms with Gasteiger partial charge >= 0.3 is 0 Å². The lowest BCUT2D eigenvalue weighted by molar-refractivity contribution is -0.119. The molecule has 0 aliphatic rings. The van der Waals surface area contributed by atoms with Gasteiger partial charge in [-0.1, -0.05) is 18.2 Å². The molecule has 0 saturated carbocycles. The summed E-state index contributed by atoms with van der Waals surface area (Å²) in [7, 11) is 0. The van der Waals surface area contributed by atoms with E-state index in [1.54, 1.807) is 0 Å².